The van der Waals surface area contributed by atoms with Gasteiger partial charge in [0.25, 0.3) is 0 Å². The van der Waals surface area contributed by atoms with E-state index >= 15 is 0 Å². The van der Waals surface area contributed by atoms with Gasteiger partial charge in [-0.25, -0.2) is 9.78 Å². The summed E-state index contributed by atoms with van der Waals surface area (Å²) in [7, 11) is 0. The first-order valence-electron chi connectivity index (χ1n) is 6.54. The fraction of sp³-hybridized carbons (Fsp3) is 0.385. The van der Waals surface area contributed by atoms with E-state index in [-0.39, 0.29) is 5.75 Å². The van der Waals surface area contributed by atoms with E-state index in [1.165, 1.54) is 11.8 Å². The van der Waals surface area contributed by atoms with Gasteiger partial charge >= 0.3 is 6.03 Å². The predicted molar refractivity (Wildman–Crippen MR) is 86.8 cm³/mol. The zero-order valence-electron chi connectivity index (χ0n) is 12.5. The van der Waals surface area contributed by atoms with E-state index in [0.29, 0.717) is 11.0 Å². The Kier molecular flexibility index (Phi) is 5.19. The number of amides is 3. The monoisotopic (exact) mass is 339 g/mol. The molecular weight excluding hydrogens is 322 g/mol. The summed E-state index contributed by atoms with van der Waals surface area (Å²) in [5.41, 5.74) is -0.392. The number of thioether (sulfide) groups is 1. The van der Waals surface area contributed by atoms with Crippen molar-refractivity contribution >= 4 is 35.0 Å². The third kappa shape index (κ3) is 5.15. The Morgan fingerprint density at radius 1 is 1.41 bits per heavy atom. The minimum atomic E-state index is -0.507. The van der Waals surface area contributed by atoms with Gasteiger partial charge in [-0.1, -0.05) is 17.8 Å². The molecule has 7 nitrogen and oxygen atoms in total. The first kappa shape index (κ1) is 16.5. The average molecular weight is 339 g/mol. The van der Waals surface area contributed by atoms with Gasteiger partial charge in [0.15, 0.2) is 5.82 Å². The second-order valence-corrected chi connectivity index (χ2v) is 7.38. The molecule has 0 atom stereocenters. The molecule has 3 amide bonds. The summed E-state index contributed by atoms with van der Waals surface area (Å²) in [5, 5.41) is 14.2. The van der Waals surface area contributed by atoms with Crippen LogP contribution in [-0.4, -0.2) is 38.4 Å². The summed E-state index contributed by atoms with van der Waals surface area (Å²) in [6, 6.07) is 3.35. The molecule has 0 bridgehead atoms. The van der Waals surface area contributed by atoms with Crippen LogP contribution < -0.4 is 10.6 Å². The average Bonchev–Trinajstić information content (AvgIpc) is 3.05. The number of aromatic nitrogens is 3. The number of carbonyl (C=O) groups is 2. The van der Waals surface area contributed by atoms with Gasteiger partial charge in [-0.2, -0.15) is 0 Å². The van der Waals surface area contributed by atoms with Crippen molar-refractivity contribution in [3.63, 3.8) is 0 Å². The highest BCUT2D eigenvalue weighted by Crippen LogP contribution is 2.22. The molecule has 118 valence electrons. The molecule has 2 aromatic heterocycles. The molecule has 3 N–H and O–H groups in total. The molecule has 9 heteroatoms. The molecule has 0 aliphatic carbocycles. The number of hydrogen-bond donors (Lipinski definition) is 3. The van der Waals surface area contributed by atoms with Gasteiger partial charge < -0.3 is 5.32 Å². The second kappa shape index (κ2) is 6.93. The number of hydrogen-bond acceptors (Lipinski definition) is 6. The number of thiophene rings is 1. The molecule has 2 aromatic rings. The molecule has 2 rings (SSSR count). The van der Waals surface area contributed by atoms with Gasteiger partial charge in [0.1, 0.15) is 0 Å². The molecular formula is C13H17N5O2S2. The van der Waals surface area contributed by atoms with Crippen molar-refractivity contribution in [3.8, 4) is 10.7 Å². The predicted octanol–water partition coefficient (Wildman–Crippen LogP) is 2.25. The van der Waals surface area contributed by atoms with E-state index in [2.05, 4.69) is 25.8 Å². The molecule has 2 heterocycles. The first-order valence-corrected chi connectivity index (χ1v) is 8.41. The molecule has 0 spiro atoms. The lowest BCUT2D eigenvalue weighted by Crippen LogP contribution is -2.48. The summed E-state index contributed by atoms with van der Waals surface area (Å²) < 4.78 is 0. The van der Waals surface area contributed by atoms with Crippen LogP contribution in [0.2, 0.25) is 0 Å². The van der Waals surface area contributed by atoms with Gasteiger partial charge in [-0.05, 0) is 32.2 Å². The standard InChI is InChI=1S/C13H17N5O2S2/c1-13(2,3)16-11(20)14-9(19)7-22-12-15-10(17-18-12)8-5-4-6-21-8/h4-6H,7H2,1-3H3,(H,15,17,18)(H2,14,16,19,20). The lowest BCUT2D eigenvalue weighted by molar-refractivity contribution is -0.117. The zero-order chi connectivity index (χ0) is 16.2. The highest BCUT2D eigenvalue weighted by atomic mass is 32.2. The van der Waals surface area contributed by atoms with Crippen molar-refractivity contribution < 1.29 is 9.59 Å². The van der Waals surface area contributed by atoms with Crippen LogP contribution in [0.4, 0.5) is 4.79 Å². The van der Waals surface area contributed by atoms with Gasteiger partial charge in [-0.15, -0.1) is 16.4 Å². The summed E-state index contributed by atoms with van der Waals surface area (Å²) in [6.07, 6.45) is 0. The zero-order valence-corrected chi connectivity index (χ0v) is 14.1. The van der Waals surface area contributed by atoms with Crippen molar-refractivity contribution in [3.05, 3.63) is 17.5 Å². The van der Waals surface area contributed by atoms with E-state index in [9.17, 15) is 9.59 Å². The van der Waals surface area contributed by atoms with E-state index in [1.54, 1.807) is 11.3 Å². The summed E-state index contributed by atoms with van der Waals surface area (Å²) in [6.45, 7) is 5.52. The largest absolute Gasteiger partial charge is 0.333 e. The number of aromatic amines is 1. The molecule has 0 saturated carbocycles. The van der Waals surface area contributed by atoms with E-state index in [1.807, 2.05) is 38.3 Å². The lowest BCUT2D eigenvalue weighted by Gasteiger charge is -2.20. The Bertz CT molecular complexity index is 646. The van der Waals surface area contributed by atoms with Crippen LogP contribution in [0.3, 0.4) is 0 Å². The fourth-order valence-electron chi connectivity index (χ4n) is 1.50. The molecule has 0 unspecified atom stereocenters. The molecule has 0 saturated heterocycles. The summed E-state index contributed by atoms with van der Waals surface area (Å²) in [4.78, 5) is 28.5. The van der Waals surface area contributed by atoms with E-state index in [4.69, 9.17) is 0 Å². The minimum Gasteiger partial charge on any atom is -0.333 e. The Morgan fingerprint density at radius 3 is 2.82 bits per heavy atom. The lowest BCUT2D eigenvalue weighted by atomic mass is 10.1. The molecule has 0 radical (unpaired) electrons. The van der Waals surface area contributed by atoms with E-state index in [0.717, 1.165) is 4.88 Å². The third-order valence-corrected chi connectivity index (χ3v) is 4.02. The highest BCUT2D eigenvalue weighted by Gasteiger charge is 2.16. The maximum atomic E-state index is 11.7. The number of carbonyl (C=O) groups excluding carboxylic acids is 2. The van der Waals surface area contributed by atoms with Crippen molar-refractivity contribution in [1.29, 1.82) is 0 Å². The van der Waals surface area contributed by atoms with Gasteiger partial charge in [0, 0.05) is 5.54 Å². The van der Waals surface area contributed by atoms with Crippen LogP contribution in [0.25, 0.3) is 10.7 Å². The minimum absolute atomic E-state index is 0.0687. The first-order chi connectivity index (χ1) is 10.3. The van der Waals surface area contributed by atoms with Crippen molar-refractivity contribution in [2.24, 2.45) is 0 Å². The summed E-state index contributed by atoms with van der Waals surface area (Å²) >= 11 is 2.72. The smallest absolute Gasteiger partial charge is 0.321 e. The SMILES string of the molecule is CC(C)(C)NC(=O)NC(=O)CSc1n[nH]c(-c2cccs2)n1. The molecule has 0 fully saturated rings. The van der Waals surface area contributed by atoms with Crippen LogP contribution in [0.5, 0.6) is 0 Å². The molecule has 0 aromatic carbocycles. The quantitative estimate of drug-likeness (QED) is 0.742. The van der Waals surface area contributed by atoms with Crippen LogP contribution >= 0.6 is 23.1 Å². The van der Waals surface area contributed by atoms with Crippen molar-refractivity contribution in [2.45, 2.75) is 31.5 Å². The highest BCUT2D eigenvalue weighted by molar-refractivity contribution is 7.99. The van der Waals surface area contributed by atoms with E-state index < -0.39 is 17.5 Å². The third-order valence-electron chi connectivity index (χ3n) is 2.29. The van der Waals surface area contributed by atoms with Crippen LogP contribution in [0, 0.1) is 0 Å². The molecule has 22 heavy (non-hydrogen) atoms. The molecule has 0 aliphatic heterocycles. The Hall–Kier alpha value is -1.87. The van der Waals surface area contributed by atoms with Crippen LogP contribution in [-0.2, 0) is 4.79 Å². The van der Waals surface area contributed by atoms with Gasteiger partial charge in [0.2, 0.25) is 11.1 Å². The number of nitrogens with zero attached hydrogens (tertiary/aromatic N) is 2. The topological polar surface area (TPSA) is 99.8 Å². The summed E-state index contributed by atoms with van der Waals surface area (Å²) in [5.74, 6) is 0.344. The number of urea groups is 1. The second-order valence-electron chi connectivity index (χ2n) is 5.48. The number of rotatable bonds is 4. The van der Waals surface area contributed by atoms with Crippen LogP contribution in [0.1, 0.15) is 20.8 Å². The van der Waals surface area contributed by atoms with Crippen molar-refractivity contribution in [1.82, 2.24) is 25.8 Å². The number of imide groups is 1. The van der Waals surface area contributed by atoms with Crippen molar-refractivity contribution in [2.75, 3.05) is 5.75 Å². The Balaban J connectivity index is 1.80. The van der Waals surface area contributed by atoms with Crippen LogP contribution in [0.15, 0.2) is 22.7 Å². The maximum Gasteiger partial charge on any atom is 0.321 e. The van der Waals surface area contributed by atoms with Gasteiger partial charge in [0.05, 0.1) is 10.6 Å². The number of nitrogens with one attached hydrogen (secondary N) is 3. The fourth-order valence-corrected chi connectivity index (χ4v) is 2.76. The molecule has 0 aliphatic rings. The van der Waals surface area contributed by atoms with Gasteiger partial charge in [-0.3, -0.25) is 15.2 Å². The number of H-pyrrole nitrogens is 1. The Labute approximate surface area is 136 Å². The normalized spacial score (nSPS) is 11.2. The Morgan fingerprint density at radius 2 is 2.18 bits per heavy atom. The maximum absolute atomic E-state index is 11.7.